The third-order valence-electron chi connectivity index (χ3n) is 6.60. The Kier molecular flexibility index (Phi) is 12.4. The Labute approximate surface area is 262 Å². The number of carbonyl (C=O) groups is 1. The van der Waals surface area contributed by atoms with E-state index >= 15 is 0 Å². The first kappa shape index (κ1) is 32.8. The van der Waals surface area contributed by atoms with Crippen LogP contribution in [0.25, 0.3) is 6.08 Å². The minimum atomic E-state index is -0.313. The van der Waals surface area contributed by atoms with Crippen LogP contribution in [0.3, 0.4) is 0 Å². The van der Waals surface area contributed by atoms with E-state index < -0.39 is 0 Å². The molecule has 0 aromatic heterocycles. The molecule has 3 aromatic carbocycles. The van der Waals surface area contributed by atoms with Crippen molar-refractivity contribution in [1.82, 2.24) is 9.80 Å². The van der Waals surface area contributed by atoms with Gasteiger partial charge < -0.3 is 19.3 Å². The van der Waals surface area contributed by atoms with Gasteiger partial charge in [-0.05, 0) is 85.8 Å². The van der Waals surface area contributed by atoms with Crippen LogP contribution in [0.5, 0.6) is 17.2 Å². The molecule has 0 aliphatic carbocycles. The zero-order chi connectivity index (χ0) is 27.2. The highest BCUT2D eigenvalue weighted by Crippen LogP contribution is 2.36. The normalized spacial score (nSPS) is 16.8. The van der Waals surface area contributed by atoms with Crippen molar-refractivity contribution in [2.24, 2.45) is 0 Å². The van der Waals surface area contributed by atoms with E-state index in [1.807, 2.05) is 42.5 Å². The number of likely N-dealkylation sites (N-methyl/N-ethyl adjacent to an activating group) is 1. The maximum absolute atomic E-state index is 13.2. The molecule has 6 nitrogen and oxygen atoms in total. The van der Waals surface area contributed by atoms with Crippen LogP contribution in [-0.2, 0) is 4.79 Å². The van der Waals surface area contributed by atoms with Crippen LogP contribution in [0.15, 0.2) is 77.7 Å². The van der Waals surface area contributed by atoms with Crippen molar-refractivity contribution in [3.8, 4) is 17.2 Å². The smallest absolute Gasteiger partial charge is 0.270 e. The van der Waals surface area contributed by atoms with E-state index in [0.29, 0.717) is 33.0 Å². The second-order valence-corrected chi connectivity index (χ2v) is 11.2. The SMILES string of the molecule is CN1CCN(CCCOc2ccc(N3C(=O)C(=Cc4ccc(Oc5ccc(F)cc5)cc4)SC3=S)cc2)CC1.Cl.Cl. The number of carbonyl (C=O) groups excluding carboxylic acids is 1. The fourth-order valence-electron chi connectivity index (χ4n) is 4.35. The summed E-state index contributed by atoms with van der Waals surface area (Å²) >= 11 is 6.80. The monoisotopic (exact) mass is 635 g/mol. The molecule has 2 fully saturated rings. The van der Waals surface area contributed by atoms with Crippen LogP contribution in [0, 0.1) is 5.82 Å². The molecule has 0 N–H and O–H groups in total. The minimum absolute atomic E-state index is 0. The predicted octanol–water partition coefficient (Wildman–Crippen LogP) is 6.88. The summed E-state index contributed by atoms with van der Waals surface area (Å²) in [6, 6.07) is 20.7. The van der Waals surface area contributed by atoms with Crippen molar-refractivity contribution < 1.29 is 18.7 Å². The number of benzene rings is 3. The van der Waals surface area contributed by atoms with Crippen LogP contribution in [-0.4, -0.2) is 66.4 Å². The van der Waals surface area contributed by atoms with E-state index in [1.54, 1.807) is 29.2 Å². The standard InChI is InChI=1S/C30H30FN3O3S2.2ClH/c1-32-16-18-33(19-17-32)15-2-20-36-25-13-7-24(8-14-25)34-29(35)28(39-30(34)38)21-22-3-9-26(10-4-22)37-27-11-5-23(31)6-12-27;;/h3-14,21H,2,15-20H2,1H3;2*1H. The molecule has 5 rings (SSSR count). The van der Waals surface area contributed by atoms with Gasteiger partial charge in [-0.1, -0.05) is 36.1 Å². The molecule has 1 amide bonds. The maximum atomic E-state index is 13.2. The van der Waals surface area contributed by atoms with E-state index in [-0.39, 0.29) is 36.5 Å². The Morgan fingerprint density at radius 1 is 0.878 bits per heavy atom. The predicted molar refractivity (Wildman–Crippen MR) is 174 cm³/mol. The average Bonchev–Trinajstić information content (AvgIpc) is 3.22. The molecule has 0 unspecified atom stereocenters. The molecule has 0 bridgehead atoms. The summed E-state index contributed by atoms with van der Waals surface area (Å²) in [4.78, 5) is 20.1. The van der Waals surface area contributed by atoms with Gasteiger partial charge in [0.15, 0.2) is 4.32 Å². The largest absolute Gasteiger partial charge is 0.494 e. The fraction of sp³-hybridized carbons (Fsp3) is 0.267. The number of anilines is 1. The van der Waals surface area contributed by atoms with Gasteiger partial charge in [0, 0.05) is 32.7 Å². The summed E-state index contributed by atoms with van der Waals surface area (Å²) in [5, 5.41) is 0. The summed E-state index contributed by atoms with van der Waals surface area (Å²) in [6.07, 6.45) is 2.79. The van der Waals surface area contributed by atoms with Gasteiger partial charge in [0.2, 0.25) is 0 Å². The van der Waals surface area contributed by atoms with E-state index in [4.69, 9.17) is 21.7 Å². The molecule has 0 radical (unpaired) electrons. The number of rotatable bonds is 9. The molecule has 0 saturated carbocycles. The number of halogens is 3. The van der Waals surface area contributed by atoms with Crippen LogP contribution < -0.4 is 14.4 Å². The molecular weight excluding hydrogens is 604 g/mol. The topological polar surface area (TPSA) is 45.2 Å². The quantitative estimate of drug-likeness (QED) is 0.144. The Morgan fingerprint density at radius 2 is 1.46 bits per heavy atom. The fourth-order valence-corrected chi connectivity index (χ4v) is 5.65. The van der Waals surface area contributed by atoms with Crippen LogP contribution in [0.4, 0.5) is 10.1 Å². The van der Waals surface area contributed by atoms with E-state index in [0.717, 1.165) is 50.5 Å². The first-order valence-corrected chi connectivity index (χ1v) is 14.1. The van der Waals surface area contributed by atoms with Gasteiger partial charge in [-0.3, -0.25) is 9.69 Å². The van der Waals surface area contributed by atoms with Crippen molar-refractivity contribution >= 4 is 70.8 Å². The number of thioether (sulfide) groups is 1. The lowest BCUT2D eigenvalue weighted by Gasteiger charge is -2.32. The zero-order valence-electron chi connectivity index (χ0n) is 22.5. The average molecular weight is 637 g/mol. The van der Waals surface area contributed by atoms with Gasteiger partial charge in [0.1, 0.15) is 23.1 Å². The van der Waals surface area contributed by atoms with Gasteiger partial charge in [-0.25, -0.2) is 4.39 Å². The first-order chi connectivity index (χ1) is 18.9. The number of piperazine rings is 1. The molecule has 2 aliphatic rings. The lowest BCUT2D eigenvalue weighted by molar-refractivity contribution is -0.113. The van der Waals surface area contributed by atoms with Crippen LogP contribution in [0.1, 0.15) is 12.0 Å². The first-order valence-electron chi connectivity index (χ1n) is 12.9. The lowest BCUT2D eigenvalue weighted by atomic mass is 10.2. The molecule has 3 aromatic rings. The second-order valence-electron chi connectivity index (χ2n) is 9.48. The molecule has 2 heterocycles. The van der Waals surface area contributed by atoms with Crippen molar-refractivity contribution in [1.29, 1.82) is 0 Å². The van der Waals surface area contributed by atoms with Crippen LogP contribution in [0.2, 0.25) is 0 Å². The van der Waals surface area contributed by atoms with Gasteiger partial charge >= 0.3 is 0 Å². The summed E-state index contributed by atoms with van der Waals surface area (Å²) < 4.78 is 25.2. The van der Waals surface area contributed by atoms with Gasteiger partial charge in [0.25, 0.3) is 5.91 Å². The Morgan fingerprint density at radius 3 is 2.10 bits per heavy atom. The molecule has 0 spiro atoms. The number of hydrogen-bond donors (Lipinski definition) is 0. The molecule has 41 heavy (non-hydrogen) atoms. The van der Waals surface area contributed by atoms with Crippen LogP contribution >= 0.6 is 48.8 Å². The van der Waals surface area contributed by atoms with Gasteiger partial charge in [-0.2, -0.15) is 0 Å². The third-order valence-corrected chi connectivity index (χ3v) is 7.90. The third kappa shape index (κ3) is 8.91. The molecule has 2 saturated heterocycles. The number of nitrogens with zero attached hydrogens (tertiary/aromatic N) is 3. The molecule has 0 atom stereocenters. The summed E-state index contributed by atoms with van der Waals surface area (Å²) in [5.74, 6) is 1.48. The maximum Gasteiger partial charge on any atom is 0.270 e. The van der Waals surface area contributed by atoms with E-state index in [1.165, 1.54) is 23.9 Å². The summed E-state index contributed by atoms with van der Waals surface area (Å²) in [5.41, 5.74) is 1.57. The molecular formula is C30H32Cl2FN3O3S2. The Bertz CT molecular complexity index is 1330. The second kappa shape index (κ2) is 15.5. The van der Waals surface area contributed by atoms with Gasteiger partial charge in [0.05, 0.1) is 17.2 Å². The summed E-state index contributed by atoms with van der Waals surface area (Å²) in [7, 11) is 2.16. The molecule has 11 heteroatoms. The molecule has 218 valence electrons. The van der Waals surface area contributed by atoms with E-state index in [9.17, 15) is 9.18 Å². The highest BCUT2D eigenvalue weighted by molar-refractivity contribution is 8.27. The van der Waals surface area contributed by atoms with Crippen molar-refractivity contribution in [2.75, 3.05) is 51.3 Å². The Balaban J connectivity index is 0.00000231. The highest BCUT2D eigenvalue weighted by Gasteiger charge is 2.33. The highest BCUT2D eigenvalue weighted by atomic mass is 35.5. The lowest BCUT2D eigenvalue weighted by Crippen LogP contribution is -2.44. The number of amides is 1. The zero-order valence-corrected chi connectivity index (χ0v) is 25.8. The van der Waals surface area contributed by atoms with Crippen molar-refractivity contribution in [2.45, 2.75) is 6.42 Å². The Hall–Kier alpha value is -2.66. The van der Waals surface area contributed by atoms with Crippen molar-refractivity contribution in [3.63, 3.8) is 0 Å². The summed E-state index contributed by atoms with van der Waals surface area (Å²) in [6.45, 7) is 6.16. The number of ether oxygens (including phenoxy) is 2. The number of hydrogen-bond acceptors (Lipinski definition) is 7. The van der Waals surface area contributed by atoms with E-state index in [2.05, 4.69) is 16.8 Å². The number of thiocarbonyl (C=S) groups is 1. The molecule has 2 aliphatic heterocycles. The minimum Gasteiger partial charge on any atom is -0.494 e. The van der Waals surface area contributed by atoms with Gasteiger partial charge in [-0.15, -0.1) is 24.8 Å². The van der Waals surface area contributed by atoms with Crippen molar-refractivity contribution in [3.05, 3.63) is 89.1 Å².